The molecule has 0 unspecified atom stereocenters. The summed E-state index contributed by atoms with van der Waals surface area (Å²) in [6.07, 6.45) is 0. The first-order chi connectivity index (χ1) is 11.8. The molecule has 2 rings (SSSR count). The highest BCUT2D eigenvalue weighted by Gasteiger charge is 2.28. The van der Waals surface area contributed by atoms with Crippen molar-refractivity contribution in [3.05, 3.63) is 35.1 Å². The maximum Gasteiger partial charge on any atom is 0.250 e. The molecule has 0 atom stereocenters. The number of nitrogens with one attached hydrogen (secondary N) is 1. The van der Waals surface area contributed by atoms with Gasteiger partial charge in [0, 0.05) is 23.7 Å². The molecular formula is C16H19Cl4N5. The molecular weight excluding hydrogens is 404 g/mol. The lowest BCUT2D eigenvalue weighted by atomic mass is 10.2. The Morgan fingerprint density at radius 2 is 1.80 bits per heavy atom. The number of alkyl halides is 3. The molecule has 0 spiro atoms. The molecule has 1 aromatic carbocycles. The van der Waals surface area contributed by atoms with Crippen LogP contribution >= 0.6 is 46.4 Å². The average Bonchev–Trinajstić information content (AvgIpc) is 2.58. The molecule has 1 heterocycles. The van der Waals surface area contributed by atoms with Gasteiger partial charge in [0.15, 0.2) is 11.6 Å². The van der Waals surface area contributed by atoms with E-state index in [1.165, 1.54) is 0 Å². The molecule has 2 aromatic rings. The van der Waals surface area contributed by atoms with Crippen LogP contribution < -0.4 is 5.32 Å². The van der Waals surface area contributed by atoms with Gasteiger partial charge in [0.1, 0.15) is 0 Å². The minimum Gasteiger partial charge on any atom is -0.353 e. The number of halogens is 4. The number of nitrogens with zero attached hydrogens (tertiary/aromatic N) is 4. The first kappa shape index (κ1) is 20.5. The lowest BCUT2D eigenvalue weighted by Gasteiger charge is -2.18. The topological polar surface area (TPSA) is 53.9 Å². The van der Waals surface area contributed by atoms with E-state index in [1.807, 2.05) is 12.1 Å². The molecule has 0 saturated carbocycles. The molecule has 0 aliphatic rings. The number of rotatable bonds is 7. The Balaban J connectivity index is 2.28. The second-order valence-electron chi connectivity index (χ2n) is 5.27. The molecule has 5 nitrogen and oxygen atoms in total. The molecule has 1 N–H and O–H groups in total. The predicted octanol–water partition coefficient (Wildman–Crippen LogP) is 4.77. The van der Waals surface area contributed by atoms with Crippen molar-refractivity contribution in [3.63, 3.8) is 0 Å². The van der Waals surface area contributed by atoms with Gasteiger partial charge < -0.3 is 10.2 Å². The summed E-state index contributed by atoms with van der Waals surface area (Å²) in [5, 5.41) is 3.74. The number of hydrogen-bond acceptors (Lipinski definition) is 5. The quantitative estimate of drug-likeness (QED) is 0.651. The number of hydrogen-bond donors (Lipinski definition) is 1. The summed E-state index contributed by atoms with van der Waals surface area (Å²) in [6, 6.07) is 7.16. The Morgan fingerprint density at radius 3 is 2.40 bits per heavy atom. The van der Waals surface area contributed by atoms with Gasteiger partial charge in [0.05, 0.1) is 0 Å². The van der Waals surface area contributed by atoms with E-state index in [9.17, 15) is 0 Å². The van der Waals surface area contributed by atoms with Gasteiger partial charge >= 0.3 is 0 Å². The Kier molecular flexibility index (Phi) is 7.52. The highest BCUT2D eigenvalue weighted by atomic mass is 35.6. The summed E-state index contributed by atoms with van der Waals surface area (Å²) in [5.74, 6) is 0.815. The van der Waals surface area contributed by atoms with E-state index in [0.29, 0.717) is 23.3 Å². The Bertz CT molecular complexity index is 701. The van der Waals surface area contributed by atoms with Crippen molar-refractivity contribution in [2.75, 3.05) is 31.5 Å². The van der Waals surface area contributed by atoms with Crippen molar-refractivity contribution in [2.24, 2.45) is 0 Å². The minimum atomic E-state index is -1.74. The summed E-state index contributed by atoms with van der Waals surface area (Å²) >= 11 is 23.9. The second-order valence-corrected chi connectivity index (χ2v) is 7.99. The second kappa shape index (κ2) is 9.19. The Hall–Kier alpha value is -0.850. The molecule has 1 aromatic heterocycles. The van der Waals surface area contributed by atoms with Gasteiger partial charge in [-0.3, -0.25) is 0 Å². The minimum absolute atomic E-state index is 0.0628. The van der Waals surface area contributed by atoms with E-state index in [4.69, 9.17) is 46.4 Å². The van der Waals surface area contributed by atoms with Gasteiger partial charge in [-0.05, 0) is 25.2 Å². The van der Waals surface area contributed by atoms with Crippen LogP contribution in [0.3, 0.4) is 0 Å². The molecule has 0 fully saturated rings. The summed E-state index contributed by atoms with van der Waals surface area (Å²) in [7, 11) is 0. The highest BCUT2D eigenvalue weighted by Crippen LogP contribution is 2.36. The van der Waals surface area contributed by atoms with Gasteiger partial charge in [-0.25, -0.2) is 4.98 Å². The number of benzene rings is 1. The third-order valence-electron chi connectivity index (χ3n) is 3.58. The van der Waals surface area contributed by atoms with Crippen LogP contribution in [0.5, 0.6) is 0 Å². The molecule has 25 heavy (non-hydrogen) atoms. The monoisotopic (exact) mass is 421 g/mol. The van der Waals surface area contributed by atoms with E-state index < -0.39 is 3.79 Å². The number of anilines is 1. The summed E-state index contributed by atoms with van der Waals surface area (Å²) in [4.78, 5) is 15.2. The van der Waals surface area contributed by atoms with E-state index in [0.717, 1.165) is 25.2 Å². The Morgan fingerprint density at radius 1 is 1.08 bits per heavy atom. The summed E-state index contributed by atoms with van der Waals surface area (Å²) < 4.78 is -1.74. The van der Waals surface area contributed by atoms with Gasteiger partial charge in [0.25, 0.3) is 0 Å². The fraction of sp³-hybridized carbons (Fsp3) is 0.438. The first-order valence-electron chi connectivity index (χ1n) is 7.89. The Labute approximate surface area is 167 Å². The van der Waals surface area contributed by atoms with E-state index in [-0.39, 0.29) is 5.82 Å². The van der Waals surface area contributed by atoms with Crippen molar-refractivity contribution < 1.29 is 0 Å². The molecule has 0 bridgehead atoms. The lowest BCUT2D eigenvalue weighted by Crippen LogP contribution is -2.29. The van der Waals surface area contributed by atoms with Gasteiger partial charge in [-0.15, -0.1) is 0 Å². The van der Waals surface area contributed by atoms with E-state index in [1.54, 1.807) is 12.1 Å². The number of aromatic nitrogens is 3. The fourth-order valence-electron chi connectivity index (χ4n) is 2.20. The normalized spacial score (nSPS) is 11.8. The summed E-state index contributed by atoms with van der Waals surface area (Å²) in [5.41, 5.74) is 0.720. The predicted molar refractivity (Wildman–Crippen MR) is 106 cm³/mol. The lowest BCUT2D eigenvalue weighted by molar-refractivity contribution is 0.316. The fourth-order valence-corrected chi connectivity index (χ4v) is 2.65. The van der Waals surface area contributed by atoms with E-state index in [2.05, 4.69) is 39.0 Å². The van der Waals surface area contributed by atoms with Crippen molar-refractivity contribution in [3.8, 4) is 11.4 Å². The summed E-state index contributed by atoms with van der Waals surface area (Å²) in [6.45, 7) is 7.70. The first-order valence-corrected chi connectivity index (χ1v) is 9.40. The SMILES string of the molecule is CCN(CC)CCNc1nc(-c2cccc(Cl)c2)nc(C(Cl)(Cl)Cl)n1. The third-order valence-corrected chi connectivity index (χ3v) is 4.32. The van der Waals surface area contributed by atoms with E-state index >= 15 is 0 Å². The molecule has 0 aliphatic carbocycles. The molecule has 0 saturated heterocycles. The molecule has 9 heteroatoms. The van der Waals surface area contributed by atoms with Crippen LogP contribution in [-0.4, -0.2) is 46.0 Å². The van der Waals surface area contributed by atoms with Crippen LogP contribution in [0.2, 0.25) is 5.02 Å². The van der Waals surface area contributed by atoms with Crippen LogP contribution in [0.15, 0.2) is 24.3 Å². The molecule has 0 radical (unpaired) electrons. The van der Waals surface area contributed by atoms with Crippen LogP contribution in [0.4, 0.5) is 5.95 Å². The maximum atomic E-state index is 6.04. The van der Waals surface area contributed by atoms with Crippen LogP contribution in [0.1, 0.15) is 19.7 Å². The van der Waals surface area contributed by atoms with Gasteiger partial charge in [-0.2, -0.15) is 9.97 Å². The van der Waals surface area contributed by atoms with Crippen molar-refractivity contribution in [1.82, 2.24) is 19.9 Å². The van der Waals surface area contributed by atoms with Crippen LogP contribution in [0.25, 0.3) is 11.4 Å². The molecule has 0 amide bonds. The van der Waals surface area contributed by atoms with Gasteiger partial charge in [-0.1, -0.05) is 72.4 Å². The molecule has 136 valence electrons. The van der Waals surface area contributed by atoms with Gasteiger partial charge in [0.2, 0.25) is 9.74 Å². The molecule has 0 aliphatic heterocycles. The standard InChI is InChI=1S/C16H19Cl4N5/c1-3-25(4-2)9-8-21-15-23-13(11-6-5-7-12(17)10-11)22-14(24-15)16(18,19)20/h5-7,10H,3-4,8-9H2,1-2H3,(H,21,22,23,24). The maximum absolute atomic E-state index is 6.04. The highest BCUT2D eigenvalue weighted by molar-refractivity contribution is 6.66. The zero-order chi connectivity index (χ0) is 18.4. The zero-order valence-electron chi connectivity index (χ0n) is 13.9. The zero-order valence-corrected chi connectivity index (χ0v) is 17.0. The van der Waals surface area contributed by atoms with Crippen LogP contribution in [-0.2, 0) is 3.79 Å². The van der Waals surface area contributed by atoms with Crippen LogP contribution in [0, 0.1) is 0 Å². The van der Waals surface area contributed by atoms with Crippen molar-refractivity contribution in [2.45, 2.75) is 17.6 Å². The van der Waals surface area contributed by atoms with Crippen molar-refractivity contribution in [1.29, 1.82) is 0 Å². The smallest absolute Gasteiger partial charge is 0.250 e. The third kappa shape index (κ3) is 6.12. The largest absolute Gasteiger partial charge is 0.353 e. The number of likely N-dealkylation sites (N-methyl/N-ethyl adjacent to an activating group) is 1. The average molecular weight is 423 g/mol. The van der Waals surface area contributed by atoms with Crippen molar-refractivity contribution >= 4 is 52.4 Å².